The van der Waals surface area contributed by atoms with E-state index in [1.54, 1.807) is 72.8 Å². The highest BCUT2D eigenvalue weighted by Crippen LogP contribution is 2.39. The standard InChI is InChI=1S/C33H26O9/c1-33(42-30(37)25-20-12-5-13-21-25)26(38-27(34)22-14-6-2-7-15-22)31(39-28(35)23-16-8-3-9-17-23)41-32(33)40-29(36)24-18-10-4-11-19-24/h2-21,26,31-32H,1H3/t26-,31+,32-,33-/m1/s1. The molecule has 1 heterocycles. The molecule has 1 fully saturated rings. The van der Waals surface area contributed by atoms with Gasteiger partial charge in [0.2, 0.25) is 18.0 Å². The van der Waals surface area contributed by atoms with Gasteiger partial charge >= 0.3 is 23.9 Å². The second-order valence-electron chi connectivity index (χ2n) is 9.51. The van der Waals surface area contributed by atoms with Crippen molar-refractivity contribution in [3.8, 4) is 0 Å². The summed E-state index contributed by atoms with van der Waals surface area (Å²) in [7, 11) is 0. The largest absolute Gasteiger partial charge is 0.447 e. The lowest BCUT2D eigenvalue weighted by Crippen LogP contribution is -2.52. The molecule has 4 aromatic carbocycles. The molecule has 9 heteroatoms. The van der Waals surface area contributed by atoms with Gasteiger partial charge in [-0.05, 0) is 55.5 Å². The summed E-state index contributed by atoms with van der Waals surface area (Å²) in [6.45, 7) is 1.38. The van der Waals surface area contributed by atoms with E-state index in [4.69, 9.17) is 23.7 Å². The van der Waals surface area contributed by atoms with E-state index in [-0.39, 0.29) is 22.3 Å². The Morgan fingerprint density at radius 3 is 1.31 bits per heavy atom. The molecule has 0 N–H and O–H groups in total. The van der Waals surface area contributed by atoms with Crippen LogP contribution in [0.3, 0.4) is 0 Å². The number of carbonyl (C=O) groups excluding carboxylic acids is 4. The van der Waals surface area contributed by atoms with Crippen molar-refractivity contribution in [3.05, 3.63) is 144 Å². The summed E-state index contributed by atoms with van der Waals surface area (Å²) in [6, 6.07) is 32.3. The van der Waals surface area contributed by atoms with Gasteiger partial charge in [-0.1, -0.05) is 72.8 Å². The van der Waals surface area contributed by atoms with Gasteiger partial charge in [-0.3, -0.25) is 4.74 Å². The van der Waals surface area contributed by atoms with Gasteiger partial charge < -0.3 is 18.9 Å². The Bertz CT molecular complexity index is 1540. The van der Waals surface area contributed by atoms with E-state index >= 15 is 0 Å². The minimum atomic E-state index is -1.95. The van der Waals surface area contributed by atoms with E-state index in [1.165, 1.54) is 55.5 Å². The Hall–Kier alpha value is -5.28. The topological polar surface area (TPSA) is 114 Å². The molecule has 1 aliphatic heterocycles. The van der Waals surface area contributed by atoms with E-state index in [1.807, 2.05) is 0 Å². The van der Waals surface area contributed by atoms with Crippen LogP contribution < -0.4 is 0 Å². The summed E-state index contributed by atoms with van der Waals surface area (Å²) in [5.74, 6) is -3.21. The van der Waals surface area contributed by atoms with Crippen molar-refractivity contribution >= 4 is 23.9 Å². The number of hydrogen-bond acceptors (Lipinski definition) is 9. The fourth-order valence-corrected chi connectivity index (χ4v) is 4.32. The Labute approximate surface area is 241 Å². The maximum absolute atomic E-state index is 13.3. The summed E-state index contributed by atoms with van der Waals surface area (Å²) in [5.41, 5.74) is -1.19. The smallest absolute Gasteiger partial charge is 0.340 e. The van der Waals surface area contributed by atoms with E-state index in [9.17, 15) is 19.2 Å². The summed E-state index contributed by atoms with van der Waals surface area (Å²) >= 11 is 0. The van der Waals surface area contributed by atoms with Gasteiger partial charge in [0.05, 0.1) is 22.3 Å². The molecule has 0 aromatic heterocycles. The highest BCUT2D eigenvalue weighted by Gasteiger charge is 2.63. The second-order valence-corrected chi connectivity index (χ2v) is 9.51. The van der Waals surface area contributed by atoms with Gasteiger partial charge in [0.15, 0.2) is 0 Å². The molecule has 5 rings (SSSR count). The zero-order valence-corrected chi connectivity index (χ0v) is 22.5. The molecule has 9 nitrogen and oxygen atoms in total. The van der Waals surface area contributed by atoms with Crippen LogP contribution >= 0.6 is 0 Å². The molecule has 0 radical (unpaired) electrons. The molecule has 4 aromatic rings. The van der Waals surface area contributed by atoms with Gasteiger partial charge in [0, 0.05) is 0 Å². The van der Waals surface area contributed by atoms with Gasteiger partial charge in [0.25, 0.3) is 6.29 Å². The average molecular weight is 567 g/mol. The molecule has 0 bridgehead atoms. The Morgan fingerprint density at radius 1 is 0.524 bits per heavy atom. The van der Waals surface area contributed by atoms with E-state index < -0.39 is 48.2 Å². The van der Waals surface area contributed by atoms with E-state index in [0.29, 0.717) is 0 Å². The molecule has 212 valence electrons. The molecule has 42 heavy (non-hydrogen) atoms. The molecular formula is C33H26O9. The number of esters is 4. The van der Waals surface area contributed by atoms with Crippen LogP contribution in [-0.4, -0.2) is 48.2 Å². The second kappa shape index (κ2) is 12.5. The third-order valence-electron chi connectivity index (χ3n) is 6.56. The van der Waals surface area contributed by atoms with Gasteiger partial charge in [-0.25, -0.2) is 19.2 Å². The SMILES string of the molecule is C[C@]1(OC(=O)c2ccccc2)[C@H](OC(=O)c2ccccc2)O[C@H](OC(=O)c2ccccc2)[C@H]1OC(=O)c1ccccc1. The highest BCUT2D eigenvalue weighted by molar-refractivity contribution is 5.92. The van der Waals surface area contributed by atoms with Crippen LogP contribution in [0.5, 0.6) is 0 Å². The fraction of sp³-hybridized carbons (Fsp3) is 0.152. The number of ether oxygens (including phenoxy) is 5. The van der Waals surface area contributed by atoms with Crippen LogP contribution in [0.15, 0.2) is 121 Å². The van der Waals surface area contributed by atoms with Crippen molar-refractivity contribution in [2.24, 2.45) is 0 Å². The van der Waals surface area contributed by atoms with Crippen LogP contribution in [0.25, 0.3) is 0 Å². The number of benzene rings is 4. The normalized spacial score (nSPS) is 21.1. The molecule has 0 amide bonds. The monoisotopic (exact) mass is 566 g/mol. The number of hydrogen-bond donors (Lipinski definition) is 0. The summed E-state index contributed by atoms with van der Waals surface area (Å²) in [6.07, 6.45) is -4.80. The quantitative estimate of drug-likeness (QED) is 0.209. The summed E-state index contributed by atoms with van der Waals surface area (Å²) in [5, 5.41) is 0. The number of carbonyl (C=O) groups is 4. The third-order valence-corrected chi connectivity index (χ3v) is 6.56. The maximum atomic E-state index is 13.3. The van der Waals surface area contributed by atoms with Crippen molar-refractivity contribution in [2.75, 3.05) is 0 Å². The first-order chi connectivity index (χ1) is 20.3. The Morgan fingerprint density at radius 2 is 0.881 bits per heavy atom. The Kier molecular flexibility index (Phi) is 8.40. The predicted molar refractivity (Wildman–Crippen MR) is 148 cm³/mol. The van der Waals surface area contributed by atoms with E-state index in [0.717, 1.165) is 0 Å². The molecule has 0 spiro atoms. The highest BCUT2D eigenvalue weighted by atomic mass is 16.8. The van der Waals surface area contributed by atoms with Crippen LogP contribution in [0.2, 0.25) is 0 Å². The maximum Gasteiger partial charge on any atom is 0.340 e. The minimum Gasteiger partial charge on any atom is -0.447 e. The fourth-order valence-electron chi connectivity index (χ4n) is 4.32. The zero-order valence-electron chi connectivity index (χ0n) is 22.5. The average Bonchev–Trinajstić information content (AvgIpc) is 3.27. The molecule has 1 aliphatic rings. The van der Waals surface area contributed by atoms with Crippen molar-refractivity contribution in [3.63, 3.8) is 0 Å². The first-order valence-corrected chi connectivity index (χ1v) is 13.1. The third kappa shape index (κ3) is 6.21. The van der Waals surface area contributed by atoms with Crippen molar-refractivity contribution in [1.29, 1.82) is 0 Å². The molecular weight excluding hydrogens is 540 g/mol. The summed E-state index contributed by atoms with van der Waals surface area (Å²) < 4.78 is 28.9. The van der Waals surface area contributed by atoms with Crippen LogP contribution in [0.1, 0.15) is 48.4 Å². The van der Waals surface area contributed by atoms with Crippen LogP contribution in [0, 0.1) is 0 Å². The Balaban J connectivity index is 1.52. The van der Waals surface area contributed by atoms with Crippen molar-refractivity contribution < 1.29 is 42.9 Å². The molecule has 0 unspecified atom stereocenters. The predicted octanol–water partition coefficient (Wildman–Crippen LogP) is 5.22. The lowest BCUT2D eigenvalue weighted by Gasteiger charge is -2.33. The van der Waals surface area contributed by atoms with Crippen molar-refractivity contribution in [1.82, 2.24) is 0 Å². The van der Waals surface area contributed by atoms with E-state index in [2.05, 4.69) is 0 Å². The molecule has 1 saturated heterocycles. The first-order valence-electron chi connectivity index (χ1n) is 13.1. The minimum absolute atomic E-state index is 0.185. The van der Waals surface area contributed by atoms with Gasteiger partial charge in [0.1, 0.15) is 0 Å². The summed E-state index contributed by atoms with van der Waals surface area (Å²) in [4.78, 5) is 52.7. The van der Waals surface area contributed by atoms with Crippen molar-refractivity contribution in [2.45, 2.75) is 31.2 Å². The first kappa shape index (κ1) is 28.3. The molecule has 4 atom stereocenters. The molecule has 0 saturated carbocycles. The van der Waals surface area contributed by atoms with Crippen LogP contribution in [-0.2, 0) is 23.7 Å². The molecule has 0 aliphatic carbocycles. The zero-order chi connectivity index (χ0) is 29.5. The number of rotatable bonds is 8. The lowest BCUT2D eigenvalue weighted by atomic mass is 9.99. The van der Waals surface area contributed by atoms with Gasteiger partial charge in [-0.15, -0.1) is 0 Å². The lowest BCUT2D eigenvalue weighted by molar-refractivity contribution is -0.197. The van der Waals surface area contributed by atoms with Crippen LogP contribution in [0.4, 0.5) is 0 Å². The van der Waals surface area contributed by atoms with Gasteiger partial charge in [-0.2, -0.15) is 0 Å².